The molecule has 0 spiro atoms. The van der Waals surface area contributed by atoms with Crippen molar-refractivity contribution < 1.29 is 18.3 Å². The third kappa shape index (κ3) is 1.95. The first-order valence-corrected chi connectivity index (χ1v) is 6.82. The van der Waals surface area contributed by atoms with Gasteiger partial charge in [0, 0.05) is 6.26 Å². The van der Waals surface area contributed by atoms with Gasteiger partial charge in [0.15, 0.2) is 9.84 Å². The largest absolute Gasteiger partial charge is 0.481 e. The Morgan fingerprint density at radius 3 is 2.50 bits per heavy atom. The van der Waals surface area contributed by atoms with E-state index in [1.54, 1.807) is 18.2 Å². The number of hydrogen-bond acceptors (Lipinski definition) is 3. The molecule has 16 heavy (non-hydrogen) atoms. The maximum absolute atomic E-state index is 11.3. The number of aliphatic carboxylic acids is 1. The number of sulfone groups is 1. The third-order valence-corrected chi connectivity index (χ3v) is 4.00. The number of benzene rings is 1. The molecule has 4 nitrogen and oxygen atoms in total. The zero-order chi connectivity index (χ0) is 11.9. The predicted molar refractivity (Wildman–Crippen MR) is 58.1 cm³/mol. The molecule has 0 saturated heterocycles. The van der Waals surface area contributed by atoms with Crippen LogP contribution in [0.25, 0.3) is 0 Å². The summed E-state index contributed by atoms with van der Waals surface area (Å²) >= 11 is 0. The van der Waals surface area contributed by atoms with E-state index < -0.39 is 21.7 Å². The highest BCUT2D eigenvalue weighted by molar-refractivity contribution is 7.90. The lowest BCUT2D eigenvalue weighted by Crippen LogP contribution is -2.12. The molecule has 0 saturated carbocycles. The minimum absolute atomic E-state index is 0.261. The van der Waals surface area contributed by atoms with Crippen LogP contribution in [0.15, 0.2) is 23.1 Å². The lowest BCUT2D eigenvalue weighted by molar-refractivity contribution is -0.141. The monoisotopic (exact) mass is 240 g/mol. The van der Waals surface area contributed by atoms with Crippen LogP contribution in [-0.4, -0.2) is 25.7 Å². The Bertz CT molecular complexity index is 545. The maximum atomic E-state index is 11.3. The quantitative estimate of drug-likeness (QED) is 0.833. The van der Waals surface area contributed by atoms with Gasteiger partial charge in [0.2, 0.25) is 0 Å². The standard InChI is InChI=1S/C11H12O4S/c1-16(14,15)10-3-2-7-4-9(11(12)13)5-8(7)6-10/h2-3,6,9H,4-5H2,1H3,(H,12,13). The van der Waals surface area contributed by atoms with Crippen LogP contribution in [0.1, 0.15) is 11.1 Å². The van der Waals surface area contributed by atoms with Gasteiger partial charge in [0.05, 0.1) is 10.8 Å². The zero-order valence-electron chi connectivity index (χ0n) is 8.80. The van der Waals surface area contributed by atoms with Gasteiger partial charge in [0.1, 0.15) is 0 Å². The van der Waals surface area contributed by atoms with Crippen molar-refractivity contribution in [2.24, 2.45) is 5.92 Å². The molecule has 0 bridgehead atoms. The maximum Gasteiger partial charge on any atom is 0.307 e. The van der Waals surface area contributed by atoms with Crippen molar-refractivity contribution in [3.8, 4) is 0 Å². The molecule has 5 heteroatoms. The molecule has 1 unspecified atom stereocenters. The fraction of sp³-hybridized carbons (Fsp3) is 0.364. The van der Waals surface area contributed by atoms with Crippen LogP contribution in [-0.2, 0) is 27.5 Å². The van der Waals surface area contributed by atoms with Crippen molar-refractivity contribution in [3.63, 3.8) is 0 Å². The van der Waals surface area contributed by atoms with Crippen molar-refractivity contribution >= 4 is 15.8 Å². The third-order valence-electron chi connectivity index (χ3n) is 2.89. The summed E-state index contributed by atoms with van der Waals surface area (Å²) in [4.78, 5) is 11.1. The van der Waals surface area contributed by atoms with E-state index in [0.29, 0.717) is 12.8 Å². The Morgan fingerprint density at radius 2 is 1.94 bits per heavy atom. The van der Waals surface area contributed by atoms with Crippen LogP contribution in [0.2, 0.25) is 0 Å². The first-order chi connectivity index (χ1) is 7.38. The number of carboxylic acids is 1. The van der Waals surface area contributed by atoms with Gasteiger partial charge < -0.3 is 5.11 Å². The second kappa shape index (κ2) is 3.59. The minimum atomic E-state index is -3.21. The first-order valence-electron chi connectivity index (χ1n) is 4.92. The molecule has 1 N–H and O–H groups in total. The number of carbonyl (C=O) groups is 1. The average molecular weight is 240 g/mol. The van der Waals surface area contributed by atoms with Crippen molar-refractivity contribution in [1.29, 1.82) is 0 Å². The Kier molecular flexibility index (Phi) is 2.50. The van der Waals surface area contributed by atoms with E-state index in [1.165, 1.54) is 0 Å². The van der Waals surface area contributed by atoms with Crippen molar-refractivity contribution in [1.82, 2.24) is 0 Å². The van der Waals surface area contributed by atoms with Crippen LogP contribution in [0.5, 0.6) is 0 Å². The predicted octanol–water partition coefficient (Wildman–Crippen LogP) is 0.890. The van der Waals surface area contributed by atoms with Gasteiger partial charge >= 0.3 is 5.97 Å². The number of fused-ring (bicyclic) bond motifs is 1. The molecule has 0 fully saturated rings. The molecule has 2 rings (SSSR count). The summed E-state index contributed by atoms with van der Waals surface area (Å²) in [5.41, 5.74) is 1.79. The Labute approximate surface area is 93.8 Å². The highest BCUT2D eigenvalue weighted by Gasteiger charge is 2.27. The number of carboxylic acid groups (broad SMARTS) is 1. The fourth-order valence-electron chi connectivity index (χ4n) is 2.00. The smallest absolute Gasteiger partial charge is 0.307 e. The topological polar surface area (TPSA) is 71.4 Å². The molecular weight excluding hydrogens is 228 g/mol. The van der Waals surface area contributed by atoms with Gasteiger partial charge in [-0.25, -0.2) is 8.42 Å². The second-order valence-corrected chi connectivity index (χ2v) is 6.16. The second-order valence-electron chi connectivity index (χ2n) is 4.15. The summed E-state index contributed by atoms with van der Waals surface area (Å²) in [5, 5.41) is 8.90. The van der Waals surface area contributed by atoms with Crippen LogP contribution >= 0.6 is 0 Å². The van der Waals surface area contributed by atoms with Crippen LogP contribution in [0.4, 0.5) is 0 Å². The molecule has 0 aliphatic heterocycles. The van der Waals surface area contributed by atoms with Crippen molar-refractivity contribution in [2.45, 2.75) is 17.7 Å². The molecule has 0 amide bonds. The van der Waals surface area contributed by atoms with Gasteiger partial charge in [0.25, 0.3) is 0 Å². The molecule has 0 radical (unpaired) electrons. The Balaban J connectivity index is 2.39. The highest BCUT2D eigenvalue weighted by Crippen LogP contribution is 2.28. The first kappa shape index (κ1) is 11.1. The molecule has 86 valence electrons. The van der Waals surface area contributed by atoms with E-state index in [0.717, 1.165) is 17.4 Å². The SMILES string of the molecule is CS(=O)(=O)c1ccc2c(c1)CC(C(=O)O)C2. The summed E-state index contributed by atoms with van der Waals surface area (Å²) in [7, 11) is -3.21. The molecule has 1 aromatic rings. The molecule has 1 aromatic carbocycles. The van der Waals surface area contributed by atoms with Crippen LogP contribution in [0, 0.1) is 5.92 Å². The van der Waals surface area contributed by atoms with Gasteiger partial charge in [-0.15, -0.1) is 0 Å². The molecule has 0 aromatic heterocycles. The zero-order valence-corrected chi connectivity index (χ0v) is 9.62. The van der Waals surface area contributed by atoms with E-state index in [2.05, 4.69) is 0 Å². The minimum Gasteiger partial charge on any atom is -0.481 e. The molecule has 1 aliphatic carbocycles. The van der Waals surface area contributed by atoms with Gasteiger partial charge in [-0.1, -0.05) is 6.07 Å². The molecular formula is C11H12O4S. The Hall–Kier alpha value is -1.36. The average Bonchev–Trinajstić information content (AvgIpc) is 2.58. The summed E-state index contributed by atoms with van der Waals surface area (Å²) < 4.78 is 22.7. The summed E-state index contributed by atoms with van der Waals surface area (Å²) in [6.45, 7) is 0. The van der Waals surface area contributed by atoms with Crippen LogP contribution in [0.3, 0.4) is 0 Å². The normalized spacial score (nSPS) is 19.4. The molecule has 1 atom stereocenters. The number of hydrogen-bond donors (Lipinski definition) is 1. The summed E-state index contributed by atoms with van der Waals surface area (Å²) in [6.07, 6.45) is 2.07. The Morgan fingerprint density at radius 1 is 1.31 bits per heavy atom. The molecule has 0 heterocycles. The lowest BCUT2D eigenvalue weighted by atomic mass is 10.1. The van der Waals surface area contributed by atoms with E-state index in [9.17, 15) is 13.2 Å². The van der Waals surface area contributed by atoms with E-state index >= 15 is 0 Å². The van der Waals surface area contributed by atoms with Gasteiger partial charge in [-0.3, -0.25) is 4.79 Å². The lowest BCUT2D eigenvalue weighted by Gasteiger charge is -2.01. The van der Waals surface area contributed by atoms with Crippen LogP contribution < -0.4 is 0 Å². The van der Waals surface area contributed by atoms with E-state index in [-0.39, 0.29) is 4.90 Å². The highest BCUT2D eigenvalue weighted by atomic mass is 32.2. The van der Waals surface area contributed by atoms with E-state index in [4.69, 9.17) is 5.11 Å². The van der Waals surface area contributed by atoms with E-state index in [1.807, 2.05) is 0 Å². The summed E-state index contributed by atoms with van der Waals surface area (Å²) in [5.74, 6) is -1.23. The van der Waals surface area contributed by atoms with Gasteiger partial charge in [-0.05, 0) is 36.1 Å². The number of rotatable bonds is 2. The van der Waals surface area contributed by atoms with Gasteiger partial charge in [-0.2, -0.15) is 0 Å². The summed E-state index contributed by atoms with van der Waals surface area (Å²) in [6, 6.07) is 4.85. The van der Waals surface area contributed by atoms with Crippen molar-refractivity contribution in [2.75, 3.05) is 6.26 Å². The van der Waals surface area contributed by atoms with Crippen molar-refractivity contribution in [3.05, 3.63) is 29.3 Å². The molecule has 1 aliphatic rings. The fourth-order valence-corrected chi connectivity index (χ4v) is 2.67.